The number of fused-ring (bicyclic) bond motifs is 4. The zero-order valence-electron chi connectivity index (χ0n) is 17.0. The van der Waals surface area contributed by atoms with Gasteiger partial charge in [-0.05, 0) is 46.8 Å². The van der Waals surface area contributed by atoms with Crippen LogP contribution in [0.25, 0.3) is 21.3 Å². The molecule has 0 bridgehead atoms. The van der Waals surface area contributed by atoms with Crippen LogP contribution in [0.3, 0.4) is 0 Å². The van der Waals surface area contributed by atoms with Gasteiger partial charge < -0.3 is 14.8 Å². The lowest BCUT2D eigenvalue weighted by atomic mass is 9.71. The number of aromatic nitrogens is 1. The van der Waals surface area contributed by atoms with Gasteiger partial charge in [-0.1, -0.05) is 32.0 Å². The van der Waals surface area contributed by atoms with Gasteiger partial charge in [0.15, 0.2) is 5.78 Å². The highest BCUT2D eigenvalue weighted by Gasteiger charge is 2.39. The number of benzene rings is 2. The maximum Gasteiger partial charge on any atom is 0.195 e. The highest BCUT2D eigenvalue weighted by atomic mass is 32.1. The van der Waals surface area contributed by atoms with E-state index in [1.165, 1.54) is 4.88 Å². The molecule has 0 saturated carbocycles. The number of aromatic amines is 1. The average Bonchev–Trinajstić information content (AvgIpc) is 3.40. The molecule has 30 heavy (non-hydrogen) atoms. The van der Waals surface area contributed by atoms with E-state index in [2.05, 4.69) is 48.5 Å². The second kappa shape index (κ2) is 7.11. The van der Waals surface area contributed by atoms with E-state index in [0.29, 0.717) is 13.0 Å². The van der Waals surface area contributed by atoms with Crippen LogP contribution in [-0.2, 0) is 5.41 Å². The standard InChI is InChI=1S/C25H23NO3S/c1-25(2)19-14-16(29-11-4-10-27)7-9-17(19)23(28)22-18-8-6-15(21-5-3-12-30-21)13-20(18)26-24(22)25/h3,5-9,12-14,26-27H,4,10-11H2,1-2H3. The number of aliphatic hydroxyl groups excluding tert-OH is 1. The molecule has 152 valence electrons. The van der Waals surface area contributed by atoms with Crippen molar-refractivity contribution in [2.24, 2.45) is 0 Å². The number of hydrogen-bond donors (Lipinski definition) is 2. The number of carbonyl (C=O) groups is 1. The molecule has 0 radical (unpaired) electrons. The van der Waals surface area contributed by atoms with Gasteiger partial charge in [-0.3, -0.25) is 4.79 Å². The molecule has 0 amide bonds. The number of H-pyrrole nitrogens is 1. The van der Waals surface area contributed by atoms with Crippen molar-refractivity contribution in [2.45, 2.75) is 25.7 Å². The van der Waals surface area contributed by atoms with Gasteiger partial charge in [0, 0.05) is 45.5 Å². The molecule has 0 fully saturated rings. The van der Waals surface area contributed by atoms with Crippen LogP contribution in [0, 0.1) is 0 Å². The number of nitrogens with one attached hydrogen (secondary N) is 1. The molecule has 2 heterocycles. The van der Waals surface area contributed by atoms with Crippen molar-refractivity contribution in [1.29, 1.82) is 0 Å². The van der Waals surface area contributed by atoms with Gasteiger partial charge in [0.25, 0.3) is 0 Å². The number of carbonyl (C=O) groups excluding carboxylic acids is 1. The Kier molecular flexibility index (Phi) is 4.53. The Labute approximate surface area is 179 Å². The summed E-state index contributed by atoms with van der Waals surface area (Å²) in [6, 6.07) is 16.1. The minimum absolute atomic E-state index is 0.0522. The molecule has 2 aromatic carbocycles. The molecule has 2 N–H and O–H groups in total. The SMILES string of the molecule is CC1(C)c2cc(OCCCO)ccc2C(=O)c2c1[nH]c1cc(-c3cccs3)ccc21. The summed E-state index contributed by atoms with van der Waals surface area (Å²) in [4.78, 5) is 18.2. The van der Waals surface area contributed by atoms with Crippen molar-refractivity contribution in [1.82, 2.24) is 4.98 Å². The summed E-state index contributed by atoms with van der Waals surface area (Å²) in [6.07, 6.45) is 0.581. The molecule has 0 spiro atoms. The lowest BCUT2D eigenvalue weighted by Gasteiger charge is -2.32. The molecule has 5 rings (SSSR count). The summed E-state index contributed by atoms with van der Waals surface area (Å²) in [5, 5.41) is 12.0. The first kappa shape index (κ1) is 19.1. The maximum absolute atomic E-state index is 13.5. The zero-order valence-corrected chi connectivity index (χ0v) is 17.8. The topological polar surface area (TPSA) is 62.3 Å². The van der Waals surface area contributed by atoms with E-state index in [9.17, 15) is 4.79 Å². The van der Waals surface area contributed by atoms with Crippen LogP contribution < -0.4 is 4.74 Å². The van der Waals surface area contributed by atoms with Crippen molar-refractivity contribution in [3.05, 3.63) is 76.3 Å². The van der Waals surface area contributed by atoms with Crippen LogP contribution in [0.2, 0.25) is 0 Å². The average molecular weight is 418 g/mol. The highest BCUT2D eigenvalue weighted by Crippen LogP contribution is 2.45. The quantitative estimate of drug-likeness (QED) is 0.420. The minimum atomic E-state index is -0.364. The van der Waals surface area contributed by atoms with Gasteiger partial charge in [0.2, 0.25) is 0 Å². The number of thiophene rings is 1. The van der Waals surface area contributed by atoms with Gasteiger partial charge in [0.05, 0.1) is 12.2 Å². The van der Waals surface area contributed by atoms with Crippen LogP contribution in [0.4, 0.5) is 0 Å². The second-order valence-electron chi connectivity index (χ2n) is 8.20. The van der Waals surface area contributed by atoms with Crippen LogP contribution in [0.5, 0.6) is 5.75 Å². The molecule has 2 aromatic heterocycles. The van der Waals surface area contributed by atoms with Crippen LogP contribution in [0.1, 0.15) is 47.4 Å². The fourth-order valence-electron chi connectivity index (χ4n) is 4.35. The first-order chi connectivity index (χ1) is 14.5. The van der Waals surface area contributed by atoms with E-state index in [4.69, 9.17) is 9.84 Å². The van der Waals surface area contributed by atoms with Crippen molar-refractivity contribution >= 4 is 28.0 Å². The number of ketones is 1. The molecule has 0 atom stereocenters. The van der Waals surface area contributed by atoms with Crippen molar-refractivity contribution < 1.29 is 14.6 Å². The smallest absolute Gasteiger partial charge is 0.195 e. The molecule has 0 unspecified atom stereocenters. The third-order valence-corrected chi connectivity index (χ3v) is 6.86. The third kappa shape index (κ3) is 2.89. The third-order valence-electron chi connectivity index (χ3n) is 5.94. The van der Waals surface area contributed by atoms with Crippen molar-refractivity contribution in [3.8, 4) is 16.2 Å². The molecule has 4 nitrogen and oxygen atoms in total. The van der Waals surface area contributed by atoms with Crippen LogP contribution in [0.15, 0.2) is 53.9 Å². The van der Waals surface area contributed by atoms with Gasteiger partial charge in [-0.25, -0.2) is 0 Å². The number of hydrogen-bond acceptors (Lipinski definition) is 4. The van der Waals surface area contributed by atoms with E-state index in [1.807, 2.05) is 24.3 Å². The Bertz CT molecular complexity index is 1250. The normalized spacial score (nSPS) is 14.6. The van der Waals surface area contributed by atoms with Crippen LogP contribution >= 0.6 is 11.3 Å². The zero-order chi connectivity index (χ0) is 20.9. The Morgan fingerprint density at radius 3 is 2.77 bits per heavy atom. The van der Waals surface area contributed by atoms with E-state index in [-0.39, 0.29) is 17.8 Å². The fourth-order valence-corrected chi connectivity index (χ4v) is 5.07. The van der Waals surface area contributed by atoms with Gasteiger partial charge in [0.1, 0.15) is 5.75 Å². The largest absolute Gasteiger partial charge is 0.493 e. The number of ether oxygens (including phenoxy) is 1. The van der Waals surface area contributed by atoms with E-state index in [0.717, 1.165) is 44.6 Å². The fraction of sp³-hybridized carbons (Fsp3) is 0.240. The Hall–Kier alpha value is -2.89. The molecule has 0 aliphatic heterocycles. The molecule has 0 saturated heterocycles. The maximum atomic E-state index is 13.5. The molecule has 5 heteroatoms. The second-order valence-corrected chi connectivity index (χ2v) is 9.15. The summed E-state index contributed by atoms with van der Waals surface area (Å²) in [5.74, 6) is 0.777. The summed E-state index contributed by atoms with van der Waals surface area (Å²) in [5.41, 5.74) is 5.19. The molecular formula is C25H23NO3S. The predicted octanol–water partition coefficient (Wildman–Crippen LogP) is 5.53. The molecular weight excluding hydrogens is 394 g/mol. The van der Waals surface area contributed by atoms with Gasteiger partial charge in [-0.15, -0.1) is 11.3 Å². The lowest BCUT2D eigenvalue weighted by molar-refractivity contribution is 0.103. The highest BCUT2D eigenvalue weighted by molar-refractivity contribution is 7.13. The molecule has 1 aliphatic rings. The Balaban J connectivity index is 1.62. The van der Waals surface area contributed by atoms with E-state index < -0.39 is 0 Å². The summed E-state index contributed by atoms with van der Waals surface area (Å²) >= 11 is 1.71. The van der Waals surface area contributed by atoms with Crippen molar-refractivity contribution in [2.75, 3.05) is 13.2 Å². The first-order valence-electron chi connectivity index (χ1n) is 10.1. The Morgan fingerprint density at radius 1 is 1.13 bits per heavy atom. The molecule has 1 aliphatic carbocycles. The first-order valence-corrected chi connectivity index (χ1v) is 11.0. The number of rotatable bonds is 5. The molecule has 4 aromatic rings. The summed E-state index contributed by atoms with van der Waals surface area (Å²) < 4.78 is 5.76. The Morgan fingerprint density at radius 2 is 2.00 bits per heavy atom. The number of aliphatic hydroxyl groups is 1. The minimum Gasteiger partial charge on any atom is -0.493 e. The van der Waals surface area contributed by atoms with Gasteiger partial charge >= 0.3 is 0 Å². The predicted molar refractivity (Wildman–Crippen MR) is 121 cm³/mol. The monoisotopic (exact) mass is 417 g/mol. The van der Waals surface area contributed by atoms with Crippen molar-refractivity contribution in [3.63, 3.8) is 0 Å². The lowest BCUT2D eigenvalue weighted by Crippen LogP contribution is -2.30. The van der Waals surface area contributed by atoms with Crippen LogP contribution in [-0.4, -0.2) is 29.1 Å². The summed E-state index contributed by atoms with van der Waals surface area (Å²) in [6.45, 7) is 4.84. The van der Waals surface area contributed by atoms with E-state index in [1.54, 1.807) is 11.3 Å². The van der Waals surface area contributed by atoms with E-state index >= 15 is 0 Å². The van der Waals surface area contributed by atoms with Gasteiger partial charge in [-0.2, -0.15) is 0 Å². The summed E-state index contributed by atoms with van der Waals surface area (Å²) in [7, 11) is 0.